The summed E-state index contributed by atoms with van der Waals surface area (Å²) in [6.07, 6.45) is 1.66. The number of hydrogen-bond donors (Lipinski definition) is 1. The van der Waals surface area contributed by atoms with Crippen molar-refractivity contribution in [2.75, 3.05) is 0 Å². The molecule has 0 bridgehead atoms. The molecule has 18 heavy (non-hydrogen) atoms. The molecule has 96 valence electrons. The van der Waals surface area contributed by atoms with Crippen LogP contribution in [0.1, 0.15) is 31.4 Å². The molecule has 0 saturated heterocycles. The Hall–Kier alpha value is -1.64. The fraction of sp³-hybridized carbons (Fsp3) is 0.467. The smallest absolute Gasteiger partial charge is 0.181 e. The Morgan fingerprint density at radius 1 is 1.39 bits per heavy atom. The molecule has 1 unspecified atom stereocenters. The van der Waals surface area contributed by atoms with Crippen LogP contribution in [-0.2, 0) is 11.2 Å². The molecule has 0 aliphatic carbocycles. The molecule has 0 spiro atoms. The molecular formula is C15H20N2O. The molecule has 0 amide bonds. The van der Waals surface area contributed by atoms with Crippen LogP contribution in [0.3, 0.4) is 0 Å². The molecule has 1 heterocycles. The van der Waals surface area contributed by atoms with Gasteiger partial charge in [-0.2, -0.15) is 5.10 Å². The summed E-state index contributed by atoms with van der Waals surface area (Å²) in [5, 5.41) is 4.17. The van der Waals surface area contributed by atoms with Crippen molar-refractivity contribution >= 4 is 11.5 Å². The molecule has 2 rings (SSSR count). The van der Waals surface area contributed by atoms with Crippen molar-refractivity contribution < 1.29 is 4.79 Å². The van der Waals surface area contributed by atoms with Crippen molar-refractivity contribution in [3.8, 4) is 0 Å². The van der Waals surface area contributed by atoms with Gasteiger partial charge in [-0.25, -0.2) is 0 Å². The molecule has 1 aromatic rings. The summed E-state index contributed by atoms with van der Waals surface area (Å²) in [4.78, 5) is 11.8. The minimum absolute atomic E-state index is 0.0312. The third-order valence-corrected chi connectivity index (χ3v) is 3.23. The van der Waals surface area contributed by atoms with Gasteiger partial charge < -0.3 is 5.43 Å². The quantitative estimate of drug-likeness (QED) is 0.884. The minimum atomic E-state index is 0.0312. The van der Waals surface area contributed by atoms with Gasteiger partial charge in [-0.05, 0) is 18.9 Å². The number of carbonyl (C=O) groups is 1. The third kappa shape index (κ3) is 2.97. The molecule has 1 atom stereocenters. The van der Waals surface area contributed by atoms with Crippen LogP contribution < -0.4 is 5.43 Å². The molecule has 1 N–H and O–H groups in total. The van der Waals surface area contributed by atoms with Crippen LogP contribution in [-0.4, -0.2) is 17.5 Å². The maximum atomic E-state index is 11.8. The second kappa shape index (κ2) is 5.34. The first-order valence-electron chi connectivity index (χ1n) is 6.48. The zero-order chi connectivity index (χ0) is 13.1. The first-order valence-corrected chi connectivity index (χ1v) is 6.48. The van der Waals surface area contributed by atoms with E-state index in [-0.39, 0.29) is 17.7 Å². The van der Waals surface area contributed by atoms with Gasteiger partial charge in [0.05, 0.1) is 6.04 Å². The molecule has 0 aromatic heterocycles. The Morgan fingerprint density at radius 3 is 2.67 bits per heavy atom. The monoisotopic (exact) mass is 244 g/mol. The van der Waals surface area contributed by atoms with E-state index >= 15 is 0 Å². The highest BCUT2D eigenvalue weighted by molar-refractivity contribution is 6.40. The second-order valence-corrected chi connectivity index (χ2v) is 5.30. The number of rotatable bonds is 4. The van der Waals surface area contributed by atoms with E-state index in [1.165, 1.54) is 11.1 Å². The molecular weight excluding hydrogens is 224 g/mol. The highest BCUT2D eigenvalue weighted by atomic mass is 16.1. The molecule has 3 heteroatoms. The molecule has 0 radical (unpaired) electrons. The van der Waals surface area contributed by atoms with Gasteiger partial charge in [0.25, 0.3) is 0 Å². The summed E-state index contributed by atoms with van der Waals surface area (Å²) in [6.45, 7) is 5.91. The number of hydrazone groups is 1. The lowest BCUT2D eigenvalue weighted by Gasteiger charge is -2.10. The Labute approximate surface area is 108 Å². The van der Waals surface area contributed by atoms with Gasteiger partial charge in [0.15, 0.2) is 5.78 Å². The van der Waals surface area contributed by atoms with Gasteiger partial charge in [-0.1, -0.05) is 43.7 Å². The van der Waals surface area contributed by atoms with E-state index in [0.29, 0.717) is 5.71 Å². The van der Waals surface area contributed by atoms with Crippen LogP contribution in [0, 0.1) is 12.8 Å². The van der Waals surface area contributed by atoms with Crippen LogP contribution in [0.25, 0.3) is 0 Å². The van der Waals surface area contributed by atoms with E-state index in [0.717, 1.165) is 12.8 Å². The van der Waals surface area contributed by atoms with Crippen molar-refractivity contribution in [1.29, 1.82) is 0 Å². The zero-order valence-corrected chi connectivity index (χ0v) is 11.2. The van der Waals surface area contributed by atoms with Crippen LogP contribution in [0.4, 0.5) is 0 Å². The van der Waals surface area contributed by atoms with Crippen molar-refractivity contribution in [1.82, 2.24) is 5.43 Å². The Morgan fingerprint density at radius 2 is 2.06 bits per heavy atom. The van der Waals surface area contributed by atoms with E-state index in [2.05, 4.69) is 41.7 Å². The van der Waals surface area contributed by atoms with Gasteiger partial charge in [0, 0.05) is 12.3 Å². The molecule has 1 aliphatic heterocycles. The number of nitrogens with zero attached hydrogens (tertiary/aromatic N) is 1. The van der Waals surface area contributed by atoms with Gasteiger partial charge in [0.1, 0.15) is 5.71 Å². The van der Waals surface area contributed by atoms with Crippen LogP contribution in [0.2, 0.25) is 0 Å². The van der Waals surface area contributed by atoms with Gasteiger partial charge in [0.2, 0.25) is 0 Å². The predicted octanol–water partition coefficient (Wildman–Crippen LogP) is 2.48. The average molecular weight is 244 g/mol. The summed E-state index contributed by atoms with van der Waals surface area (Å²) >= 11 is 0. The summed E-state index contributed by atoms with van der Waals surface area (Å²) < 4.78 is 0. The predicted molar refractivity (Wildman–Crippen MR) is 73.7 cm³/mol. The van der Waals surface area contributed by atoms with Crippen molar-refractivity contribution in [2.45, 2.75) is 39.7 Å². The maximum absolute atomic E-state index is 11.8. The SMILES string of the molecule is Cc1ccc(CC2CC(C(=O)C(C)C)=NN2)cc1. The Bertz CT molecular complexity index is 460. The molecule has 0 saturated carbocycles. The average Bonchev–Trinajstić information content (AvgIpc) is 2.79. The number of Topliss-reactive ketones (excluding diaryl/α,β-unsaturated/α-hetero) is 1. The summed E-state index contributed by atoms with van der Waals surface area (Å²) in [5.74, 6) is 0.192. The molecule has 1 aromatic carbocycles. The lowest BCUT2D eigenvalue weighted by Crippen LogP contribution is -2.24. The van der Waals surface area contributed by atoms with E-state index in [4.69, 9.17) is 0 Å². The number of aryl methyl sites for hydroxylation is 1. The zero-order valence-electron chi connectivity index (χ0n) is 11.2. The van der Waals surface area contributed by atoms with Crippen LogP contribution in [0.15, 0.2) is 29.4 Å². The summed E-state index contributed by atoms with van der Waals surface area (Å²) in [5.41, 5.74) is 6.32. The van der Waals surface area contributed by atoms with Crippen LogP contribution >= 0.6 is 0 Å². The molecule has 3 nitrogen and oxygen atoms in total. The van der Waals surface area contributed by atoms with Crippen molar-refractivity contribution in [3.05, 3.63) is 35.4 Å². The van der Waals surface area contributed by atoms with Gasteiger partial charge >= 0.3 is 0 Å². The fourth-order valence-corrected chi connectivity index (χ4v) is 2.11. The van der Waals surface area contributed by atoms with Gasteiger partial charge in [-0.15, -0.1) is 0 Å². The highest BCUT2D eigenvalue weighted by Crippen LogP contribution is 2.14. The minimum Gasteiger partial charge on any atom is -0.306 e. The van der Waals surface area contributed by atoms with Gasteiger partial charge in [-0.3, -0.25) is 4.79 Å². The summed E-state index contributed by atoms with van der Waals surface area (Å²) in [6, 6.07) is 8.76. The number of nitrogens with one attached hydrogen (secondary N) is 1. The first-order chi connectivity index (χ1) is 8.56. The lowest BCUT2D eigenvalue weighted by molar-refractivity contribution is -0.115. The first kappa shape index (κ1) is 12.8. The van der Waals surface area contributed by atoms with Crippen molar-refractivity contribution in [2.24, 2.45) is 11.0 Å². The van der Waals surface area contributed by atoms with Crippen LogP contribution in [0.5, 0.6) is 0 Å². The van der Waals surface area contributed by atoms with E-state index in [1.54, 1.807) is 0 Å². The fourth-order valence-electron chi connectivity index (χ4n) is 2.11. The summed E-state index contributed by atoms with van der Waals surface area (Å²) in [7, 11) is 0. The largest absolute Gasteiger partial charge is 0.306 e. The third-order valence-electron chi connectivity index (χ3n) is 3.23. The highest BCUT2D eigenvalue weighted by Gasteiger charge is 2.25. The topological polar surface area (TPSA) is 41.5 Å². The standard InChI is InChI=1S/C15H20N2O/c1-10(2)15(18)14-9-13(16-17-14)8-12-6-4-11(3)5-7-12/h4-7,10,13,16H,8-9H2,1-3H3. The molecule has 1 aliphatic rings. The van der Waals surface area contributed by atoms with E-state index < -0.39 is 0 Å². The normalized spacial score (nSPS) is 18.7. The Kier molecular flexibility index (Phi) is 3.80. The van der Waals surface area contributed by atoms with E-state index in [1.807, 2.05) is 13.8 Å². The number of hydrogen-bond acceptors (Lipinski definition) is 3. The maximum Gasteiger partial charge on any atom is 0.181 e. The number of ketones is 1. The lowest BCUT2D eigenvalue weighted by atomic mass is 9.97. The van der Waals surface area contributed by atoms with E-state index in [9.17, 15) is 4.79 Å². The number of benzene rings is 1. The molecule has 0 fully saturated rings. The number of carbonyl (C=O) groups excluding carboxylic acids is 1. The second-order valence-electron chi connectivity index (χ2n) is 5.30. The van der Waals surface area contributed by atoms with Crippen molar-refractivity contribution in [3.63, 3.8) is 0 Å². The Balaban J connectivity index is 1.92.